The first kappa shape index (κ1) is 23.7. The van der Waals surface area contributed by atoms with Gasteiger partial charge in [-0.3, -0.25) is 10.2 Å². The Balaban J connectivity index is 1.60. The predicted octanol–water partition coefficient (Wildman–Crippen LogP) is 3.18. The molecule has 9 heteroatoms. The molecule has 1 amide bonds. The van der Waals surface area contributed by atoms with Crippen LogP contribution in [0.1, 0.15) is 16.7 Å². The highest BCUT2D eigenvalue weighted by Gasteiger charge is 2.26. The first-order chi connectivity index (χ1) is 17.1. The van der Waals surface area contributed by atoms with Crippen LogP contribution in [-0.2, 0) is 14.3 Å². The Morgan fingerprint density at radius 1 is 1.03 bits per heavy atom. The molecule has 0 radical (unpaired) electrons. The van der Waals surface area contributed by atoms with Crippen molar-refractivity contribution in [2.75, 3.05) is 25.6 Å². The predicted molar refractivity (Wildman–Crippen MR) is 134 cm³/mol. The number of benzene rings is 3. The van der Waals surface area contributed by atoms with Crippen molar-refractivity contribution in [3.63, 3.8) is 0 Å². The van der Waals surface area contributed by atoms with Crippen LogP contribution in [0.5, 0.6) is 5.75 Å². The van der Waals surface area contributed by atoms with Crippen molar-refractivity contribution >= 4 is 29.2 Å². The van der Waals surface area contributed by atoms with Gasteiger partial charge >= 0.3 is 0 Å². The summed E-state index contributed by atoms with van der Waals surface area (Å²) in [6, 6.07) is 23.4. The molecular weight excluding hydrogens is 446 g/mol. The summed E-state index contributed by atoms with van der Waals surface area (Å²) >= 11 is 0. The molecule has 4 rings (SSSR count). The molecule has 0 spiro atoms. The van der Waals surface area contributed by atoms with Gasteiger partial charge in [0.05, 0.1) is 23.6 Å². The van der Waals surface area contributed by atoms with E-state index in [4.69, 9.17) is 25.4 Å². The molecule has 1 heterocycles. The fourth-order valence-electron chi connectivity index (χ4n) is 3.48. The van der Waals surface area contributed by atoms with Gasteiger partial charge in [0.1, 0.15) is 12.4 Å². The molecule has 0 bridgehead atoms. The zero-order valence-electron chi connectivity index (χ0n) is 19.1. The lowest BCUT2D eigenvalue weighted by Crippen LogP contribution is -2.29. The molecule has 1 unspecified atom stereocenters. The molecule has 1 aliphatic heterocycles. The molecule has 0 aliphatic carbocycles. The van der Waals surface area contributed by atoms with Gasteiger partial charge in [-0.15, -0.1) is 0 Å². The monoisotopic (exact) mass is 471 g/mol. The molecule has 1 aliphatic rings. The van der Waals surface area contributed by atoms with E-state index in [0.29, 0.717) is 35.9 Å². The Morgan fingerprint density at radius 2 is 1.74 bits per heavy atom. The molecule has 9 nitrogen and oxygen atoms in total. The number of carbonyl (C=O) groups is 1. The summed E-state index contributed by atoms with van der Waals surface area (Å²) in [6.07, 6.45) is -1.21. The average Bonchev–Trinajstić information content (AvgIpc) is 3.01. The summed E-state index contributed by atoms with van der Waals surface area (Å²) < 4.78 is 16.1. The highest BCUT2D eigenvalue weighted by atomic mass is 16.5. The number of amides is 1. The van der Waals surface area contributed by atoms with Crippen LogP contribution in [0, 0.1) is 5.41 Å². The van der Waals surface area contributed by atoms with Crippen molar-refractivity contribution in [3.8, 4) is 5.75 Å². The van der Waals surface area contributed by atoms with Gasteiger partial charge in [-0.1, -0.05) is 60.7 Å². The molecule has 35 heavy (non-hydrogen) atoms. The lowest BCUT2D eigenvalue weighted by molar-refractivity contribution is -0.117. The fourth-order valence-corrected chi connectivity index (χ4v) is 3.48. The van der Waals surface area contributed by atoms with Crippen LogP contribution in [0.15, 0.2) is 88.8 Å². The second-order valence-corrected chi connectivity index (χ2v) is 7.49. The van der Waals surface area contributed by atoms with Crippen molar-refractivity contribution in [2.24, 2.45) is 15.7 Å². The number of aliphatic imine (C=N–C) groups is 2. The highest BCUT2D eigenvalue weighted by Crippen LogP contribution is 2.24. The summed E-state index contributed by atoms with van der Waals surface area (Å²) in [5.41, 5.74) is 9.17. The van der Waals surface area contributed by atoms with Gasteiger partial charge in [0.15, 0.2) is 0 Å². The largest absolute Gasteiger partial charge is 0.490 e. The maximum absolute atomic E-state index is 12.9. The Kier molecular flexibility index (Phi) is 7.49. The number of carbonyl (C=O) groups excluding carboxylic acids is 1. The zero-order chi connectivity index (χ0) is 24.6. The minimum absolute atomic E-state index is 0.274. The third-order valence-corrected chi connectivity index (χ3v) is 5.11. The van der Waals surface area contributed by atoms with Crippen LogP contribution in [0.2, 0.25) is 0 Å². The summed E-state index contributed by atoms with van der Waals surface area (Å²) in [4.78, 5) is 21.7. The number of amidine groups is 1. The minimum atomic E-state index is -1.21. The second-order valence-electron chi connectivity index (χ2n) is 7.49. The first-order valence-electron chi connectivity index (χ1n) is 10.9. The molecule has 0 saturated carbocycles. The van der Waals surface area contributed by atoms with E-state index in [1.807, 2.05) is 48.5 Å². The minimum Gasteiger partial charge on any atom is -0.490 e. The topological polar surface area (TPSA) is 131 Å². The number of ether oxygens (including phenoxy) is 3. The Morgan fingerprint density at radius 3 is 2.54 bits per heavy atom. The standard InChI is InChI=1S/C26H25N5O4/c1-33-15-16-34-21-14-8-6-12-19(21)23(27)35-26(28)31-24-25(32)29-20-13-7-5-11-18(20)22(30-24)17-9-3-2-4-10-17/h2-14,24,27H,15-16H2,1H3,(H2,28,31)(H,29,32). The number of para-hydroxylation sites is 2. The third kappa shape index (κ3) is 5.71. The van der Waals surface area contributed by atoms with Crippen LogP contribution in [0.3, 0.4) is 0 Å². The van der Waals surface area contributed by atoms with Gasteiger partial charge in [0.25, 0.3) is 11.9 Å². The molecule has 3 aromatic rings. The molecule has 0 fully saturated rings. The van der Waals surface area contributed by atoms with Gasteiger partial charge < -0.3 is 25.3 Å². The maximum Gasteiger partial charge on any atom is 0.291 e. The zero-order valence-corrected chi connectivity index (χ0v) is 19.1. The number of rotatable bonds is 7. The molecule has 0 saturated heterocycles. The van der Waals surface area contributed by atoms with Crippen molar-refractivity contribution in [2.45, 2.75) is 6.17 Å². The average molecular weight is 472 g/mol. The summed E-state index contributed by atoms with van der Waals surface area (Å²) in [7, 11) is 1.57. The molecular formula is C26H25N5O4. The van der Waals surface area contributed by atoms with Gasteiger partial charge in [-0.25, -0.2) is 4.99 Å². The van der Waals surface area contributed by atoms with E-state index in [1.54, 1.807) is 37.4 Å². The van der Waals surface area contributed by atoms with E-state index in [2.05, 4.69) is 15.3 Å². The number of hydrogen-bond donors (Lipinski definition) is 3. The Labute approximate surface area is 202 Å². The molecule has 3 aromatic carbocycles. The van der Waals surface area contributed by atoms with Crippen molar-refractivity contribution in [1.82, 2.24) is 0 Å². The van der Waals surface area contributed by atoms with Crippen LogP contribution < -0.4 is 15.8 Å². The van der Waals surface area contributed by atoms with Gasteiger partial charge in [0.2, 0.25) is 12.1 Å². The molecule has 1 atom stereocenters. The second kappa shape index (κ2) is 11.1. The summed E-state index contributed by atoms with van der Waals surface area (Å²) in [6.45, 7) is 0.706. The van der Waals surface area contributed by atoms with E-state index in [0.717, 1.165) is 11.1 Å². The maximum atomic E-state index is 12.9. The number of fused-ring (bicyclic) bond motifs is 1. The Hall–Kier alpha value is -4.50. The number of nitrogens with one attached hydrogen (secondary N) is 2. The van der Waals surface area contributed by atoms with Gasteiger partial charge in [0, 0.05) is 18.2 Å². The smallest absolute Gasteiger partial charge is 0.291 e. The Bertz CT molecular complexity index is 1270. The van der Waals surface area contributed by atoms with Crippen molar-refractivity contribution < 1.29 is 19.0 Å². The lowest BCUT2D eigenvalue weighted by Gasteiger charge is -2.13. The van der Waals surface area contributed by atoms with Crippen LogP contribution in [0.4, 0.5) is 5.69 Å². The lowest BCUT2D eigenvalue weighted by atomic mass is 10.0. The molecule has 4 N–H and O–H groups in total. The number of nitrogens with zero attached hydrogens (tertiary/aromatic N) is 2. The van der Waals surface area contributed by atoms with Gasteiger partial charge in [-0.05, 0) is 18.2 Å². The van der Waals surface area contributed by atoms with E-state index in [-0.39, 0.29) is 11.9 Å². The first-order valence-corrected chi connectivity index (χ1v) is 10.9. The third-order valence-electron chi connectivity index (χ3n) is 5.11. The number of hydrogen-bond acceptors (Lipinski definition) is 7. The number of benzodiazepines with no additional fused rings is 1. The number of anilines is 1. The summed E-state index contributed by atoms with van der Waals surface area (Å²) in [5.74, 6) is -0.303. The van der Waals surface area contributed by atoms with Crippen LogP contribution in [0.25, 0.3) is 0 Å². The van der Waals surface area contributed by atoms with Gasteiger partial charge in [-0.2, -0.15) is 4.99 Å². The van der Waals surface area contributed by atoms with E-state index in [1.165, 1.54) is 0 Å². The fraction of sp³-hybridized carbons (Fsp3) is 0.154. The molecule has 178 valence electrons. The van der Waals surface area contributed by atoms with Crippen LogP contribution >= 0.6 is 0 Å². The van der Waals surface area contributed by atoms with E-state index in [9.17, 15) is 4.79 Å². The van der Waals surface area contributed by atoms with Crippen molar-refractivity contribution in [1.29, 1.82) is 5.41 Å². The van der Waals surface area contributed by atoms with E-state index >= 15 is 0 Å². The normalized spacial score (nSPS) is 15.3. The number of nitrogens with two attached hydrogens (primary N) is 1. The molecule has 0 aromatic heterocycles. The summed E-state index contributed by atoms with van der Waals surface area (Å²) in [5, 5.41) is 11.2. The van der Waals surface area contributed by atoms with Crippen molar-refractivity contribution in [3.05, 3.63) is 95.6 Å². The number of methoxy groups -OCH3 is 1. The van der Waals surface area contributed by atoms with E-state index < -0.39 is 12.1 Å². The van der Waals surface area contributed by atoms with Crippen LogP contribution in [-0.4, -0.2) is 50.0 Å². The quantitative estimate of drug-likeness (QED) is 0.277. The SMILES string of the molecule is COCCOc1ccccc1C(=N)OC(N)=NC1N=C(c2ccccc2)c2ccccc2NC1=O. The highest BCUT2D eigenvalue weighted by molar-refractivity contribution is 6.19.